The van der Waals surface area contributed by atoms with Crippen LogP contribution in [0.3, 0.4) is 0 Å². The van der Waals surface area contributed by atoms with Crippen LogP contribution in [0.5, 0.6) is 5.75 Å². The Labute approximate surface area is 81.4 Å². The number of phenols is 1. The summed E-state index contributed by atoms with van der Waals surface area (Å²) in [6.07, 6.45) is 0.967. The summed E-state index contributed by atoms with van der Waals surface area (Å²) in [6.45, 7) is 1.87. The van der Waals surface area contributed by atoms with Crippen LogP contribution in [0.4, 0.5) is 8.78 Å². The van der Waals surface area contributed by atoms with Crippen molar-refractivity contribution in [1.29, 1.82) is 0 Å². The number of hydrogen-bond donors (Lipinski definition) is 2. The molecule has 0 heterocycles. The number of phenolic OH excluding ortho intramolecular Hbond substituents is 1. The third-order valence-corrected chi connectivity index (χ3v) is 2.11. The van der Waals surface area contributed by atoms with E-state index in [0.29, 0.717) is 12.5 Å². The molecule has 3 N–H and O–H groups in total. The molecule has 0 aliphatic carbocycles. The summed E-state index contributed by atoms with van der Waals surface area (Å²) in [5, 5.41) is 9.27. The van der Waals surface area contributed by atoms with Gasteiger partial charge in [-0.05, 0) is 18.9 Å². The van der Waals surface area contributed by atoms with Crippen molar-refractivity contribution < 1.29 is 13.9 Å². The molecule has 0 spiro atoms. The lowest BCUT2D eigenvalue weighted by molar-refractivity contribution is 0.418. The molecule has 0 amide bonds. The van der Waals surface area contributed by atoms with Crippen molar-refractivity contribution in [2.45, 2.75) is 25.8 Å². The van der Waals surface area contributed by atoms with E-state index in [1.807, 2.05) is 6.92 Å². The molecule has 0 aromatic heterocycles. The zero-order valence-corrected chi connectivity index (χ0v) is 7.93. The first-order valence-corrected chi connectivity index (χ1v) is 4.47. The van der Waals surface area contributed by atoms with Gasteiger partial charge in [0.25, 0.3) is 0 Å². The van der Waals surface area contributed by atoms with Gasteiger partial charge in [-0.1, -0.05) is 6.92 Å². The van der Waals surface area contributed by atoms with Crippen molar-refractivity contribution in [3.63, 3.8) is 0 Å². The fourth-order valence-corrected chi connectivity index (χ4v) is 1.20. The molecular formula is C10H13F2NO. The van der Waals surface area contributed by atoms with Gasteiger partial charge in [0.1, 0.15) is 5.82 Å². The number of rotatable bonds is 3. The maximum absolute atomic E-state index is 12.9. The Hall–Kier alpha value is -1.16. The van der Waals surface area contributed by atoms with Crippen LogP contribution in [0.1, 0.15) is 18.9 Å². The minimum absolute atomic E-state index is 0.193. The van der Waals surface area contributed by atoms with Crippen LogP contribution >= 0.6 is 0 Å². The summed E-state index contributed by atoms with van der Waals surface area (Å²) in [4.78, 5) is 0. The van der Waals surface area contributed by atoms with Gasteiger partial charge in [0.15, 0.2) is 11.6 Å². The molecule has 0 aliphatic rings. The Bertz CT molecular complexity index is 328. The molecule has 0 saturated heterocycles. The molecule has 1 rings (SSSR count). The largest absolute Gasteiger partial charge is 0.505 e. The first-order valence-electron chi connectivity index (χ1n) is 4.47. The van der Waals surface area contributed by atoms with Crippen molar-refractivity contribution in [2.75, 3.05) is 0 Å². The lowest BCUT2D eigenvalue weighted by Gasteiger charge is -2.10. The van der Waals surface area contributed by atoms with Gasteiger partial charge in [0.05, 0.1) is 0 Å². The molecule has 78 valence electrons. The summed E-state index contributed by atoms with van der Waals surface area (Å²) in [6, 6.07) is 1.56. The Kier molecular flexibility index (Phi) is 3.41. The van der Waals surface area contributed by atoms with Crippen LogP contribution in [0, 0.1) is 11.6 Å². The van der Waals surface area contributed by atoms with E-state index < -0.39 is 17.4 Å². The highest BCUT2D eigenvalue weighted by atomic mass is 19.1. The zero-order chi connectivity index (χ0) is 10.7. The maximum Gasteiger partial charge on any atom is 0.168 e. The SMILES string of the molecule is CCC(N)Cc1cc(F)cc(F)c1O. The third-order valence-electron chi connectivity index (χ3n) is 2.11. The smallest absolute Gasteiger partial charge is 0.168 e. The first kappa shape index (κ1) is 10.9. The molecule has 0 saturated carbocycles. The molecule has 0 fully saturated rings. The van der Waals surface area contributed by atoms with Crippen LogP contribution in [0.15, 0.2) is 12.1 Å². The highest BCUT2D eigenvalue weighted by Gasteiger charge is 2.12. The normalized spacial score (nSPS) is 12.9. The zero-order valence-electron chi connectivity index (χ0n) is 7.93. The van der Waals surface area contributed by atoms with Crippen LogP contribution in [0.25, 0.3) is 0 Å². The summed E-state index contributed by atoms with van der Waals surface area (Å²) >= 11 is 0. The monoisotopic (exact) mass is 201 g/mol. The number of aromatic hydroxyl groups is 1. The van der Waals surface area contributed by atoms with Gasteiger partial charge in [-0.3, -0.25) is 0 Å². The van der Waals surface area contributed by atoms with Gasteiger partial charge >= 0.3 is 0 Å². The highest BCUT2D eigenvalue weighted by molar-refractivity contribution is 5.34. The summed E-state index contributed by atoms with van der Waals surface area (Å²) in [7, 11) is 0. The summed E-state index contributed by atoms with van der Waals surface area (Å²) in [5.74, 6) is -2.14. The van der Waals surface area contributed by atoms with E-state index in [-0.39, 0.29) is 18.0 Å². The molecular weight excluding hydrogens is 188 g/mol. The van der Waals surface area contributed by atoms with Gasteiger partial charge in [-0.25, -0.2) is 8.78 Å². The predicted molar refractivity (Wildman–Crippen MR) is 50.0 cm³/mol. The molecule has 0 aliphatic heterocycles. The molecule has 1 aromatic carbocycles. The van der Waals surface area contributed by atoms with Gasteiger partial charge in [-0.15, -0.1) is 0 Å². The quantitative estimate of drug-likeness (QED) is 0.785. The van der Waals surface area contributed by atoms with Crippen molar-refractivity contribution in [1.82, 2.24) is 0 Å². The fourth-order valence-electron chi connectivity index (χ4n) is 1.20. The second-order valence-corrected chi connectivity index (χ2v) is 3.27. The van der Waals surface area contributed by atoms with Crippen LogP contribution in [-0.2, 0) is 6.42 Å². The Morgan fingerprint density at radius 1 is 1.43 bits per heavy atom. The molecule has 1 unspecified atom stereocenters. The van der Waals surface area contributed by atoms with Gasteiger partial charge < -0.3 is 10.8 Å². The second kappa shape index (κ2) is 4.37. The van der Waals surface area contributed by atoms with E-state index in [0.717, 1.165) is 6.07 Å². The van der Waals surface area contributed by atoms with Crippen LogP contribution in [0.2, 0.25) is 0 Å². The van der Waals surface area contributed by atoms with Crippen molar-refractivity contribution >= 4 is 0 Å². The van der Waals surface area contributed by atoms with E-state index in [1.54, 1.807) is 0 Å². The van der Waals surface area contributed by atoms with Crippen LogP contribution in [-0.4, -0.2) is 11.1 Å². The lowest BCUT2D eigenvalue weighted by atomic mass is 10.0. The Balaban J connectivity index is 2.96. The standard InChI is InChI=1S/C10H13F2NO/c1-2-8(13)4-6-3-7(11)5-9(12)10(6)14/h3,5,8,14H,2,4,13H2,1H3. The molecule has 1 atom stereocenters. The van der Waals surface area contributed by atoms with Gasteiger partial charge in [-0.2, -0.15) is 0 Å². The number of hydrogen-bond acceptors (Lipinski definition) is 2. The van der Waals surface area contributed by atoms with Crippen molar-refractivity contribution in [2.24, 2.45) is 5.73 Å². The van der Waals surface area contributed by atoms with Crippen molar-refractivity contribution in [3.05, 3.63) is 29.3 Å². The topological polar surface area (TPSA) is 46.2 Å². The first-order chi connectivity index (χ1) is 6.54. The third kappa shape index (κ3) is 2.42. The van der Waals surface area contributed by atoms with E-state index in [2.05, 4.69) is 0 Å². The maximum atomic E-state index is 12.9. The molecule has 0 bridgehead atoms. The minimum Gasteiger partial charge on any atom is -0.505 e. The average Bonchev–Trinajstić information content (AvgIpc) is 2.13. The van der Waals surface area contributed by atoms with E-state index >= 15 is 0 Å². The summed E-state index contributed by atoms with van der Waals surface area (Å²) < 4.78 is 25.6. The lowest BCUT2D eigenvalue weighted by Crippen LogP contribution is -2.21. The molecule has 4 heteroatoms. The highest BCUT2D eigenvalue weighted by Crippen LogP contribution is 2.23. The van der Waals surface area contributed by atoms with Crippen LogP contribution < -0.4 is 5.73 Å². The molecule has 14 heavy (non-hydrogen) atoms. The van der Waals surface area contributed by atoms with Crippen molar-refractivity contribution in [3.8, 4) is 5.75 Å². The van der Waals surface area contributed by atoms with E-state index in [1.165, 1.54) is 0 Å². The second-order valence-electron chi connectivity index (χ2n) is 3.27. The molecule has 2 nitrogen and oxygen atoms in total. The Morgan fingerprint density at radius 3 is 2.64 bits per heavy atom. The minimum atomic E-state index is -0.941. The van der Waals surface area contributed by atoms with Gasteiger partial charge in [0.2, 0.25) is 0 Å². The number of nitrogens with two attached hydrogens (primary N) is 1. The van der Waals surface area contributed by atoms with E-state index in [9.17, 15) is 13.9 Å². The fraction of sp³-hybridized carbons (Fsp3) is 0.400. The van der Waals surface area contributed by atoms with Gasteiger partial charge in [0, 0.05) is 17.7 Å². The number of benzene rings is 1. The average molecular weight is 201 g/mol. The molecule has 1 aromatic rings. The molecule has 0 radical (unpaired) electrons. The Morgan fingerprint density at radius 2 is 2.07 bits per heavy atom. The summed E-state index contributed by atoms with van der Waals surface area (Å²) in [5.41, 5.74) is 5.84. The van der Waals surface area contributed by atoms with E-state index in [4.69, 9.17) is 5.73 Å². The predicted octanol–water partition coefficient (Wildman–Crippen LogP) is 1.95. The number of halogens is 2.